The maximum atomic E-state index is 13.3. The number of carbonyl (C=O) groups is 1. The van der Waals surface area contributed by atoms with Crippen LogP contribution in [0.15, 0.2) is 57.7 Å². The Kier molecular flexibility index (Phi) is 4.29. The zero-order valence-electron chi connectivity index (χ0n) is 12.8. The van der Waals surface area contributed by atoms with Crippen LogP contribution in [0.3, 0.4) is 0 Å². The molecule has 2 aromatic carbocycles. The molecular formula is C18H14FNO4. The Bertz CT molecular complexity index is 965. The Morgan fingerprint density at radius 1 is 1.21 bits per heavy atom. The molecule has 1 amide bonds. The minimum Gasteiger partial charge on any atom is -0.492 e. The summed E-state index contributed by atoms with van der Waals surface area (Å²) in [7, 11) is 0. The zero-order chi connectivity index (χ0) is 17.1. The number of amides is 1. The minimum atomic E-state index is -0.744. The molecule has 3 rings (SSSR count). The van der Waals surface area contributed by atoms with Gasteiger partial charge in [-0.25, -0.2) is 9.18 Å². The lowest BCUT2D eigenvalue weighted by atomic mass is 10.1. The van der Waals surface area contributed by atoms with Crippen LogP contribution in [-0.2, 0) is 0 Å². The monoisotopic (exact) mass is 327 g/mol. The van der Waals surface area contributed by atoms with Gasteiger partial charge in [0.1, 0.15) is 22.7 Å². The van der Waals surface area contributed by atoms with Crippen LogP contribution >= 0.6 is 0 Å². The highest BCUT2D eigenvalue weighted by molar-refractivity contribution is 6.06. The van der Waals surface area contributed by atoms with Crippen molar-refractivity contribution >= 4 is 22.6 Å². The van der Waals surface area contributed by atoms with E-state index in [0.717, 1.165) is 0 Å². The van der Waals surface area contributed by atoms with Crippen molar-refractivity contribution < 1.29 is 18.3 Å². The van der Waals surface area contributed by atoms with Crippen molar-refractivity contribution in [3.8, 4) is 5.75 Å². The molecule has 6 heteroatoms. The van der Waals surface area contributed by atoms with Crippen molar-refractivity contribution in [2.24, 2.45) is 0 Å². The molecule has 0 fully saturated rings. The molecule has 0 aliphatic carbocycles. The lowest BCUT2D eigenvalue weighted by Crippen LogP contribution is -2.21. The van der Waals surface area contributed by atoms with Gasteiger partial charge in [-0.05, 0) is 31.2 Å². The lowest BCUT2D eigenvalue weighted by Gasteiger charge is -2.11. The summed E-state index contributed by atoms with van der Waals surface area (Å²) in [5.74, 6) is -0.945. The predicted molar refractivity (Wildman–Crippen MR) is 88.0 cm³/mol. The Labute approximate surface area is 136 Å². The van der Waals surface area contributed by atoms with Crippen molar-refractivity contribution in [1.29, 1.82) is 0 Å². The van der Waals surface area contributed by atoms with Gasteiger partial charge in [0, 0.05) is 11.5 Å². The normalized spacial score (nSPS) is 10.6. The van der Waals surface area contributed by atoms with Gasteiger partial charge in [0.05, 0.1) is 12.3 Å². The molecule has 5 nitrogen and oxygen atoms in total. The first-order chi connectivity index (χ1) is 11.6. The molecule has 0 atom stereocenters. The number of hydrogen-bond acceptors (Lipinski definition) is 4. The van der Waals surface area contributed by atoms with Crippen LogP contribution in [0.1, 0.15) is 17.3 Å². The van der Waals surface area contributed by atoms with Crippen LogP contribution in [0.4, 0.5) is 10.1 Å². The van der Waals surface area contributed by atoms with Crippen molar-refractivity contribution in [3.05, 3.63) is 70.3 Å². The molecule has 0 aliphatic rings. The highest BCUT2D eigenvalue weighted by atomic mass is 19.1. The average Bonchev–Trinajstić information content (AvgIpc) is 2.57. The fourth-order valence-electron chi connectivity index (χ4n) is 2.28. The fraction of sp³-hybridized carbons (Fsp3) is 0.111. The van der Waals surface area contributed by atoms with Gasteiger partial charge in [-0.3, -0.25) is 4.79 Å². The second-order valence-corrected chi connectivity index (χ2v) is 5.01. The maximum Gasteiger partial charge on any atom is 0.349 e. The van der Waals surface area contributed by atoms with E-state index in [-0.39, 0.29) is 17.0 Å². The van der Waals surface area contributed by atoms with E-state index in [4.69, 9.17) is 9.15 Å². The number of ether oxygens (including phenoxy) is 1. The van der Waals surface area contributed by atoms with Crippen molar-refractivity contribution in [1.82, 2.24) is 0 Å². The molecule has 0 bridgehead atoms. The number of hydrogen-bond donors (Lipinski definition) is 1. The topological polar surface area (TPSA) is 68.5 Å². The fourth-order valence-corrected chi connectivity index (χ4v) is 2.28. The molecule has 0 unspecified atom stereocenters. The number of nitrogens with one attached hydrogen (secondary N) is 1. The molecule has 0 saturated heterocycles. The summed E-state index contributed by atoms with van der Waals surface area (Å²) in [6.45, 7) is 2.05. The zero-order valence-corrected chi connectivity index (χ0v) is 12.8. The average molecular weight is 327 g/mol. The lowest BCUT2D eigenvalue weighted by molar-refractivity contribution is 0.102. The highest BCUT2D eigenvalue weighted by Crippen LogP contribution is 2.26. The van der Waals surface area contributed by atoms with E-state index in [9.17, 15) is 14.0 Å². The van der Waals surface area contributed by atoms with Gasteiger partial charge in [-0.2, -0.15) is 0 Å². The molecule has 1 aromatic heterocycles. The maximum absolute atomic E-state index is 13.3. The number of rotatable bonds is 4. The van der Waals surface area contributed by atoms with Gasteiger partial charge in [0.25, 0.3) is 5.91 Å². The Morgan fingerprint density at radius 2 is 2.00 bits per heavy atom. The van der Waals surface area contributed by atoms with E-state index in [1.165, 1.54) is 24.3 Å². The van der Waals surface area contributed by atoms with Gasteiger partial charge >= 0.3 is 5.63 Å². The first kappa shape index (κ1) is 15.7. The summed E-state index contributed by atoms with van der Waals surface area (Å²) in [6, 6.07) is 12.1. The quantitative estimate of drug-likeness (QED) is 0.744. The van der Waals surface area contributed by atoms with E-state index in [2.05, 4.69) is 5.32 Å². The molecule has 0 radical (unpaired) electrons. The first-order valence-corrected chi connectivity index (χ1v) is 7.35. The summed E-state index contributed by atoms with van der Waals surface area (Å²) in [5, 5.41) is 3.18. The molecule has 0 saturated carbocycles. The van der Waals surface area contributed by atoms with Gasteiger partial charge in [0.2, 0.25) is 0 Å². The van der Waals surface area contributed by atoms with E-state index in [1.807, 2.05) is 0 Å². The molecular weight excluding hydrogens is 313 g/mol. The van der Waals surface area contributed by atoms with Crippen LogP contribution in [0.2, 0.25) is 0 Å². The van der Waals surface area contributed by atoms with E-state index in [1.54, 1.807) is 31.2 Å². The number of para-hydroxylation sites is 1. The van der Waals surface area contributed by atoms with Gasteiger partial charge in [0.15, 0.2) is 0 Å². The molecule has 1 N–H and O–H groups in total. The standard InChI is InChI=1S/C18H14FNO4/c1-2-23-16-10-12(19)7-8-14(16)20-17(21)13-9-11-5-3-4-6-15(11)24-18(13)22/h3-10H,2H2,1H3,(H,20,21). The second kappa shape index (κ2) is 6.54. The van der Waals surface area contributed by atoms with Gasteiger partial charge in [-0.1, -0.05) is 18.2 Å². The van der Waals surface area contributed by atoms with E-state index in [0.29, 0.717) is 17.6 Å². The summed E-state index contributed by atoms with van der Waals surface area (Å²) in [5.41, 5.74) is -0.210. The second-order valence-electron chi connectivity index (χ2n) is 5.01. The van der Waals surface area contributed by atoms with Crippen LogP contribution in [0.5, 0.6) is 5.75 Å². The predicted octanol–water partition coefficient (Wildman–Crippen LogP) is 3.58. The number of benzene rings is 2. The third kappa shape index (κ3) is 3.12. The Morgan fingerprint density at radius 3 is 2.79 bits per heavy atom. The molecule has 1 heterocycles. The first-order valence-electron chi connectivity index (χ1n) is 7.35. The van der Waals surface area contributed by atoms with E-state index >= 15 is 0 Å². The largest absolute Gasteiger partial charge is 0.492 e. The molecule has 122 valence electrons. The smallest absolute Gasteiger partial charge is 0.349 e. The number of carbonyl (C=O) groups excluding carboxylic acids is 1. The summed E-state index contributed by atoms with van der Waals surface area (Å²) in [6.07, 6.45) is 0. The third-order valence-corrected chi connectivity index (χ3v) is 3.38. The minimum absolute atomic E-state index is 0.138. The van der Waals surface area contributed by atoms with Gasteiger partial charge in [-0.15, -0.1) is 0 Å². The summed E-state index contributed by atoms with van der Waals surface area (Å²) in [4.78, 5) is 24.4. The molecule has 0 spiro atoms. The molecule has 3 aromatic rings. The van der Waals surface area contributed by atoms with Crippen molar-refractivity contribution in [3.63, 3.8) is 0 Å². The van der Waals surface area contributed by atoms with Crippen LogP contribution < -0.4 is 15.7 Å². The van der Waals surface area contributed by atoms with Crippen LogP contribution in [-0.4, -0.2) is 12.5 Å². The summed E-state index contributed by atoms with van der Waals surface area (Å²) < 4.78 is 23.8. The Balaban J connectivity index is 1.96. The Hall–Kier alpha value is -3.15. The molecule has 0 aliphatic heterocycles. The number of fused-ring (bicyclic) bond motifs is 1. The number of halogens is 1. The molecule has 24 heavy (non-hydrogen) atoms. The van der Waals surface area contributed by atoms with E-state index < -0.39 is 17.3 Å². The SMILES string of the molecule is CCOc1cc(F)ccc1NC(=O)c1cc2ccccc2oc1=O. The van der Waals surface area contributed by atoms with Crippen LogP contribution in [0.25, 0.3) is 11.0 Å². The van der Waals surface area contributed by atoms with Gasteiger partial charge < -0.3 is 14.5 Å². The van der Waals surface area contributed by atoms with Crippen molar-refractivity contribution in [2.75, 3.05) is 11.9 Å². The summed E-state index contributed by atoms with van der Waals surface area (Å²) >= 11 is 0. The van der Waals surface area contributed by atoms with Crippen LogP contribution in [0, 0.1) is 5.82 Å². The van der Waals surface area contributed by atoms with Crippen molar-refractivity contribution in [2.45, 2.75) is 6.92 Å². The third-order valence-electron chi connectivity index (χ3n) is 3.38. The highest BCUT2D eigenvalue weighted by Gasteiger charge is 2.16. The number of anilines is 1.